The lowest BCUT2D eigenvalue weighted by Crippen LogP contribution is -2.51. The Morgan fingerprint density at radius 1 is 1.22 bits per heavy atom. The van der Waals surface area contributed by atoms with Crippen molar-refractivity contribution >= 4 is 35.8 Å². The summed E-state index contributed by atoms with van der Waals surface area (Å²) in [5.74, 6) is 2.34. The molecule has 0 radical (unpaired) electrons. The predicted octanol–water partition coefficient (Wildman–Crippen LogP) is 2.36. The molecule has 2 bridgehead atoms. The minimum Gasteiger partial charge on any atom is -0.392 e. The smallest absolute Gasteiger partial charge is 0.243 e. The van der Waals surface area contributed by atoms with E-state index in [-0.39, 0.29) is 47.9 Å². The van der Waals surface area contributed by atoms with Gasteiger partial charge in [0, 0.05) is 32.1 Å². The number of hydrogen-bond acceptors (Lipinski definition) is 3. The van der Waals surface area contributed by atoms with Crippen molar-refractivity contribution in [2.75, 3.05) is 27.2 Å². The Balaban J connectivity index is 0.00000261. The maximum atomic E-state index is 12.0. The van der Waals surface area contributed by atoms with Crippen LogP contribution in [0.3, 0.4) is 0 Å². The van der Waals surface area contributed by atoms with Crippen LogP contribution >= 0.6 is 24.0 Å². The first kappa shape index (κ1) is 22.7. The summed E-state index contributed by atoms with van der Waals surface area (Å²) in [6.45, 7) is 3.00. The number of fused-ring (bicyclic) bond motifs is 2. The number of amides is 1. The van der Waals surface area contributed by atoms with E-state index >= 15 is 0 Å². The molecule has 3 fully saturated rings. The van der Waals surface area contributed by atoms with Crippen LogP contribution < -0.4 is 10.6 Å². The Kier molecular flexibility index (Phi) is 8.21. The number of nitrogens with zero attached hydrogens (tertiary/aromatic N) is 2. The zero-order valence-electron chi connectivity index (χ0n) is 17.0. The third kappa shape index (κ3) is 5.71. The zero-order valence-corrected chi connectivity index (χ0v) is 19.4. The van der Waals surface area contributed by atoms with Crippen molar-refractivity contribution < 1.29 is 9.90 Å². The molecule has 0 heterocycles. The van der Waals surface area contributed by atoms with Crippen LogP contribution in [0, 0.1) is 17.3 Å². The minimum atomic E-state index is -0.268. The van der Waals surface area contributed by atoms with Gasteiger partial charge in [-0.3, -0.25) is 4.79 Å². The highest BCUT2D eigenvalue weighted by Crippen LogP contribution is 2.44. The third-order valence-electron chi connectivity index (χ3n) is 6.87. The largest absolute Gasteiger partial charge is 0.392 e. The number of halogens is 1. The topological polar surface area (TPSA) is 77.0 Å². The van der Waals surface area contributed by atoms with E-state index in [4.69, 9.17) is 0 Å². The lowest BCUT2D eigenvalue weighted by molar-refractivity contribution is -0.127. The van der Waals surface area contributed by atoms with E-state index < -0.39 is 0 Å². The van der Waals surface area contributed by atoms with Crippen molar-refractivity contribution in [1.29, 1.82) is 0 Å². The van der Waals surface area contributed by atoms with Crippen LogP contribution in [0.5, 0.6) is 0 Å². The number of carbonyl (C=O) groups excluding carboxylic acids is 1. The normalized spacial score (nSPS) is 35.5. The van der Waals surface area contributed by atoms with Gasteiger partial charge in [0.15, 0.2) is 5.96 Å². The van der Waals surface area contributed by atoms with Gasteiger partial charge in [0.25, 0.3) is 0 Å². The molecule has 0 aromatic heterocycles. The quantitative estimate of drug-likeness (QED) is 0.313. The van der Waals surface area contributed by atoms with E-state index in [1.54, 1.807) is 19.0 Å². The lowest BCUT2D eigenvalue weighted by Gasteiger charge is -2.39. The summed E-state index contributed by atoms with van der Waals surface area (Å²) in [6, 6.07) is 0.471. The molecule has 3 rings (SSSR count). The SMILES string of the molecule is CN(C)C(=O)CN=C(NCC1(C)CCCCC1O)NC1CC2CCC1C2.I. The molecule has 3 aliphatic carbocycles. The molecule has 0 aliphatic heterocycles. The van der Waals surface area contributed by atoms with E-state index in [1.165, 1.54) is 32.1 Å². The molecule has 0 spiro atoms. The highest BCUT2D eigenvalue weighted by Gasteiger charge is 2.40. The van der Waals surface area contributed by atoms with Gasteiger partial charge in [-0.15, -0.1) is 24.0 Å². The van der Waals surface area contributed by atoms with Crippen molar-refractivity contribution in [1.82, 2.24) is 15.5 Å². The van der Waals surface area contributed by atoms with Gasteiger partial charge in [0.05, 0.1) is 6.10 Å². The van der Waals surface area contributed by atoms with Gasteiger partial charge < -0.3 is 20.6 Å². The summed E-state index contributed by atoms with van der Waals surface area (Å²) in [4.78, 5) is 18.1. The molecular formula is C20H37IN4O2. The van der Waals surface area contributed by atoms with Gasteiger partial charge in [-0.05, 0) is 43.9 Å². The molecule has 27 heavy (non-hydrogen) atoms. The predicted molar refractivity (Wildman–Crippen MR) is 119 cm³/mol. The molecule has 1 amide bonds. The van der Waals surface area contributed by atoms with Crippen LogP contribution in [-0.4, -0.2) is 61.2 Å². The van der Waals surface area contributed by atoms with Crippen molar-refractivity contribution in [3.63, 3.8) is 0 Å². The summed E-state index contributed by atoms with van der Waals surface area (Å²) >= 11 is 0. The second-order valence-electron chi connectivity index (χ2n) is 9.15. The minimum absolute atomic E-state index is 0. The maximum absolute atomic E-state index is 12.0. The molecule has 6 nitrogen and oxygen atoms in total. The zero-order chi connectivity index (χ0) is 18.7. The van der Waals surface area contributed by atoms with Gasteiger partial charge in [-0.25, -0.2) is 4.99 Å². The molecular weight excluding hydrogens is 455 g/mol. The highest BCUT2D eigenvalue weighted by atomic mass is 127. The summed E-state index contributed by atoms with van der Waals surface area (Å²) in [5, 5.41) is 17.5. The van der Waals surface area contributed by atoms with Gasteiger partial charge >= 0.3 is 0 Å². The molecule has 0 aromatic rings. The first-order valence-corrected chi connectivity index (χ1v) is 10.3. The standard InChI is InChI=1S/C20H36N4O2.HI/c1-20(9-5-4-6-17(20)25)13-22-19(21-12-18(26)24(2)3)23-16-11-14-7-8-15(16)10-14;/h14-17,25H,4-13H2,1-3H3,(H2,21,22,23);1H. The Bertz CT molecular complexity index is 542. The third-order valence-corrected chi connectivity index (χ3v) is 6.87. The van der Waals surface area contributed by atoms with Gasteiger partial charge in [-0.2, -0.15) is 0 Å². The summed E-state index contributed by atoms with van der Waals surface area (Å²) in [7, 11) is 3.52. The molecule has 5 unspecified atom stereocenters. The van der Waals surface area contributed by atoms with Crippen LogP contribution in [0.2, 0.25) is 0 Å². The first-order chi connectivity index (χ1) is 12.4. The Morgan fingerprint density at radius 2 is 2.00 bits per heavy atom. The van der Waals surface area contributed by atoms with Gasteiger partial charge in [-0.1, -0.05) is 26.2 Å². The molecule has 0 aromatic carbocycles. The first-order valence-electron chi connectivity index (χ1n) is 10.3. The molecule has 7 heteroatoms. The number of aliphatic hydroxyl groups excluding tert-OH is 1. The van der Waals surface area contributed by atoms with Crippen LogP contribution in [0.4, 0.5) is 0 Å². The maximum Gasteiger partial charge on any atom is 0.243 e. The molecule has 3 aliphatic rings. The van der Waals surface area contributed by atoms with E-state index in [0.29, 0.717) is 12.6 Å². The van der Waals surface area contributed by atoms with E-state index in [0.717, 1.165) is 37.1 Å². The summed E-state index contributed by atoms with van der Waals surface area (Å²) in [6.07, 6.45) is 9.14. The average molecular weight is 492 g/mol. The summed E-state index contributed by atoms with van der Waals surface area (Å²) < 4.78 is 0. The molecule has 156 valence electrons. The van der Waals surface area contributed by atoms with Crippen LogP contribution in [0.1, 0.15) is 58.3 Å². The number of guanidine groups is 1. The Hall–Kier alpha value is -0.570. The number of likely N-dealkylation sites (N-methyl/N-ethyl adjacent to an activating group) is 1. The van der Waals surface area contributed by atoms with Crippen LogP contribution in [-0.2, 0) is 4.79 Å². The van der Waals surface area contributed by atoms with Crippen molar-refractivity contribution in [3.8, 4) is 0 Å². The fraction of sp³-hybridized carbons (Fsp3) is 0.900. The highest BCUT2D eigenvalue weighted by molar-refractivity contribution is 14.0. The van der Waals surface area contributed by atoms with E-state index in [9.17, 15) is 9.90 Å². The molecule has 0 saturated heterocycles. The van der Waals surface area contributed by atoms with E-state index in [1.807, 2.05) is 0 Å². The number of aliphatic imine (C=N–C) groups is 1. The second kappa shape index (κ2) is 9.76. The second-order valence-corrected chi connectivity index (χ2v) is 9.15. The number of rotatable bonds is 5. The average Bonchev–Trinajstić information content (AvgIpc) is 3.22. The van der Waals surface area contributed by atoms with Gasteiger partial charge in [0.1, 0.15) is 6.54 Å². The lowest BCUT2D eigenvalue weighted by atomic mass is 9.73. The van der Waals surface area contributed by atoms with Crippen molar-refractivity contribution in [2.45, 2.75) is 70.4 Å². The number of nitrogens with one attached hydrogen (secondary N) is 2. The fourth-order valence-electron chi connectivity index (χ4n) is 4.91. The number of aliphatic hydroxyl groups is 1. The summed E-state index contributed by atoms with van der Waals surface area (Å²) in [5.41, 5.74) is -0.124. The Labute approximate surface area is 181 Å². The molecule has 3 N–H and O–H groups in total. The van der Waals surface area contributed by atoms with Crippen molar-refractivity contribution in [3.05, 3.63) is 0 Å². The van der Waals surface area contributed by atoms with Crippen LogP contribution in [0.15, 0.2) is 4.99 Å². The Morgan fingerprint density at radius 3 is 2.59 bits per heavy atom. The van der Waals surface area contributed by atoms with Crippen molar-refractivity contribution in [2.24, 2.45) is 22.2 Å². The van der Waals surface area contributed by atoms with E-state index in [2.05, 4.69) is 22.5 Å². The molecule has 5 atom stereocenters. The van der Waals surface area contributed by atoms with Crippen LogP contribution in [0.25, 0.3) is 0 Å². The number of carbonyl (C=O) groups is 1. The number of hydrogen-bond donors (Lipinski definition) is 3. The van der Waals surface area contributed by atoms with Gasteiger partial charge in [0.2, 0.25) is 5.91 Å². The monoisotopic (exact) mass is 492 g/mol. The molecule has 3 saturated carbocycles. The fourth-order valence-corrected chi connectivity index (χ4v) is 4.91.